The molecule has 0 aromatic rings. The summed E-state index contributed by atoms with van der Waals surface area (Å²) in [6.07, 6.45) is 9.49. The lowest BCUT2D eigenvalue weighted by Crippen LogP contribution is -2.51. The average molecular weight is 333 g/mol. The number of carbonyl (C=O) groups is 3. The van der Waals surface area contributed by atoms with Gasteiger partial charge in [0.05, 0.1) is 0 Å². The van der Waals surface area contributed by atoms with Crippen molar-refractivity contribution in [1.29, 1.82) is 0 Å². The molecule has 4 aliphatic carbocycles. The summed E-state index contributed by atoms with van der Waals surface area (Å²) in [6.45, 7) is 0.671. The molecule has 0 spiro atoms. The summed E-state index contributed by atoms with van der Waals surface area (Å²) in [5, 5.41) is 0. The van der Waals surface area contributed by atoms with Crippen molar-refractivity contribution < 1.29 is 14.4 Å². The summed E-state index contributed by atoms with van der Waals surface area (Å²) in [5.41, 5.74) is 5.22. The zero-order valence-corrected chi connectivity index (χ0v) is 14.2. The Morgan fingerprint density at radius 1 is 1.00 bits per heavy atom. The fraction of sp³-hybridized carbons (Fsp3) is 0.833. The summed E-state index contributed by atoms with van der Waals surface area (Å²) < 4.78 is 0. The molecule has 2 N–H and O–H groups in total. The van der Waals surface area contributed by atoms with Gasteiger partial charge in [-0.15, -0.1) is 0 Å². The molecule has 0 unspecified atom stereocenters. The molecule has 4 bridgehead atoms. The highest BCUT2D eigenvalue weighted by Gasteiger charge is 2.51. The Balaban J connectivity index is 1.25. The van der Waals surface area contributed by atoms with Crippen molar-refractivity contribution in [1.82, 2.24) is 15.8 Å². The van der Waals surface area contributed by atoms with Crippen LogP contribution in [0.3, 0.4) is 0 Å². The quantitative estimate of drug-likeness (QED) is 0.763. The maximum absolute atomic E-state index is 12.3. The Bertz CT molecular complexity index is 524. The molecule has 0 aromatic heterocycles. The zero-order valence-electron chi connectivity index (χ0n) is 14.2. The van der Waals surface area contributed by atoms with E-state index >= 15 is 0 Å². The Hall–Kier alpha value is -1.59. The van der Waals surface area contributed by atoms with Gasteiger partial charge in [0.25, 0.3) is 5.91 Å². The van der Waals surface area contributed by atoms with Crippen LogP contribution in [-0.2, 0) is 14.4 Å². The number of rotatable bonds is 4. The molecule has 1 saturated heterocycles. The van der Waals surface area contributed by atoms with Crippen molar-refractivity contribution in [2.75, 3.05) is 13.1 Å². The van der Waals surface area contributed by atoms with Crippen LogP contribution in [0.4, 0.5) is 0 Å². The second kappa shape index (κ2) is 6.05. The van der Waals surface area contributed by atoms with E-state index < -0.39 is 0 Å². The largest absolute Gasteiger partial charge is 0.333 e. The topological polar surface area (TPSA) is 78.5 Å². The smallest absolute Gasteiger partial charge is 0.257 e. The number of likely N-dealkylation sites (tertiary alicyclic amines) is 1. The van der Waals surface area contributed by atoms with Gasteiger partial charge in [0.2, 0.25) is 11.8 Å². The monoisotopic (exact) mass is 333 g/mol. The molecule has 132 valence electrons. The van der Waals surface area contributed by atoms with Gasteiger partial charge < -0.3 is 4.90 Å². The van der Waals surface area contributed by atoms with Crippen LogP contribution in [0, 0.1) is 23.2 Å². The lowest BCUT2D eigenvalue weighted by atomic mass is 9.49. The minimum absolute atomic E-state index is 0.0186. The fourth-order valence-electron chi connectivity index (χ4n) is 6.11. The first-order valence-corrected chi connectivity index (χ1v) is 9.37. The van der Waals surface area contributed by atoms with Gasteiger partial charge in [-0.2, -0.15) is 0 Å². The molecule has 1 heterocycles. The van der Waals surface area contributed by atoms with Crippen molar-refractivity contribution in [3.63, 3.8) is 0 Å². The molecule has 24 heavy (non-hydrogen) atoms. The standard InChI is InChI=1S/C18H27N3O3/c22-15(19-20-16(23)11-21-3-1-2-17(21)24)10-18-7-12-4-13(8-18)6-14(5-12)9-18/h12-14H,1-11H2,(H,19,22)(H,20,23). The number of hydrazine groups is 1. The molecule has 6 heteroatoms. The summed E-state index contributed by atoms with van der Waals surface area (Å²) in [5.74, 6) is 2.08. The summed E-state index contributed by atoms with van der Waals surface area (Å²) >= 11 is 0. The van der Waals surface area contributed by atoms with Crippen LogP contribution < -0.4 is 10.9 Å². The first-order chi connectivity index (χ1) is 11.5. The predicted octanol–water partition coefficient (Wildman–Crippen LogP) is 1.36. The number of hydrogen-bond donors (Lipinski definition) is 2. The molecular weight excluding hydrogens is 306 g/mol. The van der Waals surface area contributed by atoms with Gasteiger partial charge in [-0.05, 0) is 68.1 Å². The highest BCUT2D eigenvalue weighted by Crippen LogP contribution is 2.61. The fourth-order valence-corrected chi connectivity index (χ4v) is 6.11. The van der Waals surface area contributed by atoms with Gasteiger partial charge in [0.15, 0.2) is 0 Å². The average Bonchev–Trinajstić information content (AvgIpc) is 2.88. The normalized spacial score (nSPS) is 36.9. The number of nitrogens with one attached hydrogen (secondary N) is 2. The molecule has 6 nitrogen and oxygen atoms in total. The number of amides is 3. The van der Waals surface area contributed by atoms with Gasteiger partial charge in [0, 0.05) is 19.4 Å². The van der Waals surface area contributed by atoms with Crippen LogP contribution in [0.25, 0.3) is 0 Å². The van der Waals surface area contributed by atoms with E-state index in [2.05, 4.69) is 10.9 Å². The second-order valence-electron chi connectivity index (χ2n) is 8.61. The third kappa shape index (κ3) is 3.15. The molecule has 5 fully saturated rings. The van der Waals surface area contributed by atoms with Gasteiger partial charge in [-0.1, -0.05) is 0 Å². The minimum Gasteiger partial charge on any atom is -0.333 e. The highest BCUT2D eigenvalue weighted by atomic mass is 16.2. The molecule has 0 radical (unpaired) electrons. The maximum atomic E-state index is 12.3. The van der Waals surface area contributed by atoms with Crippen LogP contribution >= 0.6 is 0 Å². The first kappa shape index (κ1) is 15.9. The third-order valence-electron chi connectivity index (χ3n) is 6.55. The van der Waals surface area contributed by atoms with E-state index in [1.807, 2.05) is 0 Å². The molecule has 0 atom stereocenters. The molecule has 0 aromatic carbocycles. The van der Waals surface area contributed by atoms with Crippen LogP contribution in [0.2, 0.25) is 0 Å². The molecule has 5 rings (SSSR count). The van der Waals surface area contributed by atoms with E-state index in [4.69, 9.17) is 0 Å². The van der Waals surface area contributed by atoms with Gasteiger partial charge in [-0.3, -0.25) is 25.2 Å². The molecular formula is C18H27N3O3. The van der Waals surface area contributed by atoms with Crippen molar-refractivity contribution in [2.24, 2.45) is 23.2 Å². The van der Waals surface area contributed by atoms with Crippen molar-refractivity contribution in [3.05, 3.63) is 0 Å². The molecule has 1 aliphatic heterocycles. The molecule has 5 aliphatic rings. The lowest BCUT2D eigenvalue weighted by Gasteiger charge is -2.56. The summed E-state index contributed by atoms with van der Waals surface area (Å²) in [6, 6.07) is 0. The third-order valence-corrected chi connectivity index (χ3v) is 6.55. The minimum atomic E-state index is -0.316. The van der Waals surface area contributed by atoms with Crippen molar-refractivity contribution in [3.8, 4) is 0 Å². The zero-order chi connectivity index (χ0) is 16.7. The summed E-state index contributed by atoms with van der Waals surface area (Å²) in [7, 11) is 0. The SMILES string of the molecule is O=C(CN1CCCC1=O)NNC(=O)CC12CC3CC(CC(C3)C1)C2. The Morgan fingerprint density at radius 3 is 2.12 bits per heavy atom. The van der Waals surface area contributed by atoms with Gasteiger partial charge >= 0.3 is 0 Å². The lowest BCUT2D eigenvalue weighted by molar-refractivity contribution is -0.136. The number of carbonyl (C=O) groups excluding carboxylic acids is 3. The number of nitrogens with zero attached hydrogens (tertiary/aromatic N) is 1. The van der Waals surface area contributed by atoms with E-state index in [0.717, 1.165) is 24.2 Å². The molecule has 3 amide bonds. The van der Waals surface area contributed by atoms with Crippen LogP contribution in [-0.4, -0.2) is 35.7 Å². The van der Waals surface area contributed by atoms with Crippen LogP contribution in [0.15, 0.2) is 0 Å². The van der Waals surface area contributed by atoms with E-state index in [-0.39, 0.29) is 29.7 Å². The van der Waals surface area contributed by atoms with Crippen molar-refractivity contribution >= 4 is 17.7 Å². The number of hydrogen-bond acceptors (Lipinski definition) is 3. The molecule has 4 saturated carbocycles. The Morgan fingerprint density at radius 2 is 1.58 bits per heavy atom. The Kier molecular flexibility index (Phi) is 4.01. The summed E-state index contributed by atoms with van der Waals surface area (Å²) in [4.78, 5) is 37.3. The van der Waals surface area contributed by atoms with Gasteiger partial charge in [-0.25, -0.2) is 0 Å². The van der Waals surface area contributed by atoms with Crippen LogP contribution in [0.5, 0.6) is 0 Å². The Labute approximate surface area is 142 Å². The van der Waals surface area contributed by atoms with E-state index in [9.17, 15) is 14.4 Å². The predicted molar refractivity (Wildman–Crippen MR) is 87.3 cm³/mol. The van der Waals surface area contributed by atoms with E-state index in [1.54, 1.807) is 4.90 Å². The van der Waals surface area contributed by atoms with E-state index in [0.29, 0.717) is 19.4 Å². The van der Waals surface area contributed by atoms with E-state index in [1.165, 1.54) is 38.5 Å². The second-order valence-corrected chi connectivity index (χ2v) is 8.61. The maximum Gasteiger partial charge on any atom is 0.257 e. The van der Waals surface area contributed by atoms with Crippen LogP contribution in [0.1, 0.15) is 57.8 Å². The van der Waals surface area contributed by atoms with Gasteiger partial charge in [0.1, 0.15) is 6.54 Å². The van der Waals surface area contributed by atoms with Crippen molar-refractivity contribution in [2.45, 2.75) is 57.8 Å². The first-order valence-electron chi connectivity index (χ1n) is 9.37. The highest BCUT2D eigenvalue weighted by molar-refractivity contribution is 5.87.